The fourth-order valence-corrected chi connectivity index (χ4v) is 0.963. The summed E-state index contributed by atoms with van der Waals surface area (Å²) in [6, 6.07) is 4.04. The molecule has 2 rings (SSSR count). The van der Waals surface area contributed by atoms with Gasteiger partial charge in [-0.25, -0.2) is 0 Å². The van der Waals surface area contributed by atoms with E-state index < -0.39 is 0 Å². The van der Waals surface area contributed by atoms with Gasteiger partial charge in [0.15, 0.2) is 0 Å². The van der Waals surface area contributed by atoms with Crippen LogP contribution < -0.4 is 0 Å². The Labute approximate surface area is 80.0 Å². The normalized spacial score (nSPS) is 12.9. The molecule has 0 fully saturated rings. The van der Waals surface area contributed by atoms with Crippen molar-refractivity contribution in [1.82, 2.24) is 0 Å². The van der Waals surface area contributed by atoms with E-state index in [0.29, 0.717) is 0 Å². The highest BCUT2D eigenvalue weighted by Crippen LogP contribution is 1.91. The summed E-state index contributed by atoms with van der Waals surface area (Å²) >= 11 is 1.71. The Morgan fingerprint density at radius 2 is 1.31 bits per heavy atom. The molecule has 0 aromatic carbocycles. The predicted octanol–water partition coefficient (Wildman–Crippen LogP) is 3.59. The van der Waals surface area contributed by atoms with Gasteiger partial charge in [-0.15, -0.1) is 10.2 Å². The van der Waals surface area contributed by atoms with Crippen LogP contribution in [-0.2, 0) is 0 Å². The fourth-order valence-electron chi connectivity index (χ4n) is 0.509. The third-order valence-electron chi connectivity index (χ3n) is 0.985. The summed E-state index contributed by atoms with van der Waals surface area (Å²) in [7, 11) is 0. The van der Waals surface area contributed by atoms with Gasteiger partial charge in [0.25, 0.3) is 0 Å². The Morgan fingerprint density at radius 3 is 1.69 bits per heavy atom. The zero-order chi connectivity index (χ0) is 9.19. The Balaban J connectivity index is 0.000000145. The maximum atomic E-state index is 3.46. The number of rotatable bonds is 0. The third-order valence-corrected chi connectivity index (χ3v) is 1.61. The van der Waals surface area contributed by atoms with Crippen molar-refractivity contribution in [3.05, 3.63) is 47.4 Å². The van der Waals surface area contributed by atoms with Crippen molar-refractivity contribution in [1.29, 1.82) is 0 Å². The first-order valence-electron chi connectivity index (χ1n) is 3.59. The molecule has 0 radical (unpaired) electrons. The molecule has 4 nitrogen and oxygen atoms in total. The van der Waals surface area contributed by atoms with Crippen LogP contribution in [0.5, 0.6) is 0 Å². The van der Waals surface area contributed by atoms with Gasteiger partial charge >= 0.3 is 0 Å². The summed E-state index contributed by atoms with van der Waals surface area (Å²) in [6.45, 7) is 0. The summed E-state index contributed by atoms with van der Waals surface area (Å²) in [5.41, 5.74) is 0. The molecule has 1 aromatic heterocycles. The zero-order valence-corrected chi connectivity index (χ0v) is 7.63. The lowest BCUT2D eigenvalue weighted by Crippen LogP contribution is -1.54. The molecule has 1 aliphatic heterocycles. The average Bonchev–Trinajstić information content (AvgIpc) is 2.58. The van der Waals surface area contributed by atoms with Gasteiger partial charge in [-0.1, -0.05) is 12.1 Å². The van der Waals surface area contributed by atoms with Crippen LogP contribution in [0.1, 0.15) is 0 Å². The van der Waals surface area contributed by atoms with Crippen LogP contribution in [0.25, 0.3) is 0 Å². The van der Waals surface area contributed by atoms with Crippen LogP contribution in [0.2, 0.25) is 0 Å². The highest BCUT2D eigenvalue weighted by atomic mass is 32.1. The first kappa shape index (κ1) is 9.47. The lowest BCUT2D eigenvalue weighted by molar-refractivity contribution is 0.947. The molecule has 5 heteroatoms. The van der Waals surface area contributed by atoms with Crippen LogP contribution in [0.4, 0.5) is 0 Å². The highest BCUT2D eigenvalue weighted by molar-refractivity contribution is 7.07. The molecule has 0 aliphatic carbocycles. The molecule has 13 heavy (non-hydrogen) atoms. The van der Waals surface area contributed by atoms with Gasteiger partial charge in [-0.3, -0.25) is 0 Å². The van der Waals surface area contributed by atoms with Gasteiger partial charge < -0.3 is 0 Å². The summed E-state index contributed by atoms with van der Waals surface area (Å²) < 4.78 is 0. The molecule has 0 spiro atoms. The van der Waals surface area contributed by atoms with Crippen molar-refractivity contribution >= 4 is 11.3 Å². The maximum absolute atomic E-state index is 3.46. The SMILES string of the molecule is C1=CN=NN=NC=C1.c1ccsc1. The number of allylic oxidation sites excluding steroid dienone is 2. The first-order chi connectivity index (χ1) is 6.50. The molecule has 0 bridgehead atoms. The summed E-state index contributed by atoms with van der Waals surface area (Å²) in [5.74, 6) is 0. The molecular formula is C8H8N4S. The fraction of sp³-hybridized carbons (Fsp3) is 0. The second-order valence-corrected chi connectivity index (χ2v) is 2.70. The van der Waals surface area contributed by atoms with Crippen LogP contribution in [0.15, 0.2) is 68.1 Å². The van der Waals surface area contributed by atoms with Gasteiger partial charge in [0.2, 0.25) is 0 Å². The highest BCUT2D eigenvalue weighted by Gasteiger charge is 1.68. The van der Waals surface area contributed by atoms with E-state index in [9.17, 15) is 0 Å². The van der Waals surface area contributed by atoms with Crippen molar-refractivity contribution in [2.75, 3.05) is 0 Å². The second-order valence-electron chi connectivity index (χ2n) is 1.89. The molecule has 0 saturated heterocycles. The lowest BCUT2D eigenvalue weighted by Gasteiger charge is -1.75. The maximum Gasteiger partial charge on any atom is 0.0515 e. The standard InChI is InChI=1S/C4H4N4.C4H4S/c1-2-4-6-8-7-5-3-1;1-2-4-5-3-1/h1-4H;1-4H. The van der Waals surface area contributed by atoms with Crippen molar-refractivity contribution in [2.45, 2.75) is 0 Å². The Morgan fingerprint density at radius 1 is 0.769 bits per heavy atom. The largest absolute Gasteiger partial charge is 0.152 e. The Hall–Kier alpha value is -1.62. The van der Waals surface area contributed by atoms with E-state index in [0.717, 1.165) is 0 Å². The smallest absolute Gasteiger partial charge is 0.0515 e. The number of hydrogen-bond acceptors (Lipinski definition) is 5. The van der Waals surface area contributed by atoms with E-state index >= 15 is 0 Å². The van der Waals surface area contributed by atoms with E-state index in [4.69, 9.17) is 0 Å². The molecular weight excluding hydrogens is 184 g/mol. The minimum Gasteiger partial charge on any atom is -0.152 e. The molecule has 2 heterocycles. The summed E-state index contributed by atoms with van der Waals surface area (Å²) in [5, 5.41) is 17.6. The van der Waals surface area contributed by atoms with Gasteiger partial charge in [-0.05, 0) is 33.4 Å². The van der Waals surface area contributed by atoms with Gasteiger partial charge in [-0.2, -0.15) is 11.3 Å². The third kappa shape index (κ3) is 5.63. The minimum atomic E-state index is 1.54. The second kappa shape index (κ2) is 7.05. The van der Waals surface area contributed by atoms with Crippen LogP contribution in [0.3, 0.4) is 0 Å². The van der Waals surface area contributed by atoms with E-state index in [1.807, 2.05) is 22.9 Å². The van der Waals surface area contributed by atoms with E-state index in [1.54, 1.807) is 23.5 Å². The van der Waals surface area contributed by atoms with Crippen LogP contribution in [0, 0.1) is 0 Å². The molecule has 66 valence electrons. The first-order valence-corrected chi connectivity index (χ1v) is 4.53. The Bertz CT molecular complexity index is 238. The number of hydrogen-bond donors (Lipinski definition) is 0. The van der Waals surface area contributed by atoms with Gasteiger partial charge in [0.1, 0.15) is 0 Å². The van der Waals surface area contributed by atoms with E-state index in [1.165, 1.54) is 12.4 Å². The molecule has 0 amide bonds. The molecule has 1 aromatic rings. The Kier molecular flexibility index (Phi) is 5.14. The molecule has 0 saturated carbocycles. The predicted molar refractivity (Wildman–Crippen MR) is 52.3 cm³/mol. The van der Waals surface area contributed by atoms with Crippen molar-refractivity contribution in [3.8, 4) is 0 Å². The lowest BCUT2D eigenvalue weighted by atomic mass is 10.6. The number of thiophene rings is 1. The van der Waals surface area contributed by atoms with E-state index in [2.05, 4.69) is 20.7 Å². The van der Waals surface area contributed by atoms with Crippen molar-refractivity contribution in [2.24, 2.45) is 20.7 Å². The van der Waals surface area contributed by atoms with Crippen LogP contribution >= 0.6 is 11.3 Å². The quantitative estimate of drug-likeness (QED) is 0.603. The summed E-state index contributed by atoms with van der Waals surface area (Å²) in [4.78, 5) is 0. The topological polar surface area (TPSA) is 49.4 Å². The molecule has 1 aliphatic rings. The van der Waals surface area contributed by atoms with Gasteiger partial charge in [0.05, 0.1) is 12.4 Å². The number of nitrogens with zero attached hydrogens (tertiary/aromatic N) is 4. The average molecular weight is 192 g/mol. The molecule has 0 unspecified atom stereocenters. The minimum absolute atomic E-state index is 1.54. The van der Waals surface area contributed by atoms with Crippen molar-refractivity contribution < 1.29 is 0 Å². The van der Waals surface area contributed by atoms with Crippen molar-refractivity contribution in [3.63, 3.8) is 0 Å². The molecule has 0 atom stereocenters. The zero-order valence-electron chi connectivity index (χ0n) is 6.82. The summed E-state index contributed by atoms with van der Waals surface area (Å²) in [6.07, 6.45) is 6.52. The monoisotopic (exact) mass is 192 g/mol. The van der Waals surface area contributed by atoms with Gasteiger partial charge in [0, 0.05) is 0 Å². The van der Waals surface area contributed by atoms with Crippen LogP contribution in [-0.4, -0.2) is 0 Å². The molecule has 0 N–H and O–H groups in total. The van der Waals surface area contributed by atoms with E-state index in [-0.39, 0.29) is 0 Å².